The molecule has 0 heterocycles. The van der Waals surface area contributed by atoms with Gasteiger partial charge in [0.25, 0.3) is 0 Å². The molecular weight excluding hydrogens is 149 g/mol. The summed E-state index contributed by atoms with van der Waals surface area (Å²) in [6.07, 6.45) is -3.01. The number of ether oxygens (including phenoxy) is 1. The topological polar surface area (TPSA) is 89.7 Å². The minimum atomic E-state index is -1.62. The fourth-order valence-corrected chi connectivity index (χ4v) is 0.392. The molecule has 0 saturated heterocycles. The zero-order chi connectivity index (χ0) is 8.15. The molecule has 0 amide bonds. The van der Waals surface area contributed by atoms with Crippen LogP contribution in [-0.4, -0.2) is 22.4 Å². The Morgan fingerprint density at radius 3 is 2.45 bits per heavy atom. The molecule has 0 aromatic rings. The molecule has 1 unspecified atom stereocenters. The van der Waals surface area contributed by atoms with Crippen LogP contribution in [0, 0.1) is 10.1 Å². The third-order valence-electron chi connectivity index (χ3n) is 0.821. The van der Waals surface area contributed by atoms with E-state index in [1.54, 1.807) is 0 Å². The van der Waals surface area contributed by atoms with Crippen LogP contribution in [0.1, 0.15) is 14.8 Å². The maximum absolute atomic E-state index is 9.88. The van der Waals surface area contributed by atoms with E-state index in [9.17, 15) is 14.9 Å². The van der Waals surface area contributed by atoms with Crippen molar-refractivity contribution in [2.45, 2.75) is 19.6 Å². The van der Waals surface area contributed by atoms with Crippen molar-refractivity contribution in [3.8, 4) is 0 Å². The number of carbonyl (C=O) groups is 1. The zero-order valence-corrected chi connectivity index (χ0v) is 6.31. The van der Waals surface area contributed by atoms with Gasteiger partial charge in [0.2, 0.25) is 0 Å². The third kappa shape index (κ3) is 5.70. The molecule has 0 spiro atoms. The average Bonchev–Trinajstić information content (AvgIpc) is 1.81. The molecule has 0 aliphatic carbocycles. The standard InChI is InChI=1S/C4H7NO5.Li.H/c1-2-3(5(8)9)10-4(6)7;;/h3H,2H2,1H3,(H,6,7);;/q;+1;-1. The van der Waals surface area contributed by atoms with Crippen LogP contribution in [0.3, 0.4) is 0 Å². The van der Waals surface area contributed by atoms with Crippen LogP contribution in [-0.2, 0) is 4.74 Å². The Hall–Kier alpha value is -0.733. The van der Waals surface area contributed by atoms with E-state index in [4.69, 9.17) is 5.11 Å². The molecule has 0 aromatic heterocycles. The summed E-state index contributed by atoms with van der Waals surface area (Å²) in [6.45, 7) is 1.47. The molecule has 7 heteroatoms. The van der Waals surface area contributed by atoms with Gasteiger partial charge in [-0.05, 0) is 0 Å². The first kappa shape index (κ1) is 12.9. The molecule has 0 aliphatic rings. The van der Waals surface area contributed by atoms with Crippen molar-refractivity contribution in [1.82, 2.24) is 0 Å². The average molecular weight is 157 g/mol. The van der Waals surface area contributed by atoms with Crippen molar-refractivity contribution in [1.29, 1.82) is 0 Å². The summed E-state index contributed by atoms with van der Waals surface area (Å²) in [5.41, 5.74) is 0. The Labute approximate surface area is 76.3 Å². The molecule has 0 radical (unpaired) electrons. The van der Waals surface area contributed by atoms with Gasteiger partial charge in [-0.3, -0.25) is 10.1 Å². The molecule has 0 rings (SSSR count). The van der Waals surface area contributed by atoms with Gasteiger partial charge >= 0.3 is 31.2 Å². The number of hydrogen-bond donors (Lipinski definition) is 1. The largest absolute Gasteiger partial charge is 1.00 e. The summed E-state index contributed by atoms with van der Waals surface area (Å²) in [7, 11) is 0. The number of nitro groups is 1. The van der Waals surface area contributed by atoms with Crippen molar-refractivity contribution >= 4 is 6.16 Å². The maximum atomic E-state index is 9.88. The SMILES string of the molecule is CCC(OC(=O)O)[N+](=O)[O-].[H-].[Li+]. The Morgan fingerprint density at radius 1 is 1.91 bits per heavy atom. The molecule has 0 aliphatic heterocycles. The minimum Gasteiger partial charge on any atom is -1.00 e. The van der Waals surface area contributed by atoms with Gasteiger partial charge in [0.15, 0.2) is 0 Å². The van der Waals surface area contributed by atoms with E-state index in [1.165, 1.54) is 6.92 Å². The van der Waals surface area contributed by atoms with E-state index in [1.807, 2.05) is 0 Å². The Kier molecular flexibility index (Phi) is 7.05. The van der Waals surface area contributed by atoms with Gasteiger partial charge in [-0.25, -0.2) is 4.79 Å². The van der Waals surface area contributed by atoms with Crippen molar-refractivity contribution in [3.63, 3.8) is 0 Å². The predicted molar refractivity (Wildman–Crippen MR) is 31.3 cm³/mol. The molecule has 1 atom stereocenters. The van der Waals surface area contributed by atoms with Gasteiger partial charge in [0, 0.05) is 0 Å². The van der Waals surface area contributed by atoms with Gasteiger partial charge in [-0.15, -0.1) is 0 Å². The first-order valence-corrected chi connectivity index (χ1v) is 2.61. The first-order valence-electron chi connectivity index (χ1n) is 2.61. The summed E-state index contributed by atoms with van der Waals surface area (Å²) in [6, 6.07) is 0. The number of nitrogens with zero attached hydrogens (tertiary/aromatic N) is 1. The van der Waals surface area contributed by atoms with E-state index in [0.717, 1.165) is 0 Å². The summed E-state index contributed by atoms with van der Waals surface area (Å²) < 4.78 is 3.88. The fourth-order valence-electron chi connectivity index (χ4n) is 0.392. The van der Waals surface area contributed by atoms with Crippen molar-refractivity contribution < 1.29 is 39.8 Å². The van der Waals surface area contributed by atoms with Gasteiger partial charge < -0.3 is 11.3 Å². The maximum Gasteiger partial charge on any atom is 1.00 e. The van der Waals surface area contributed by atoms with Gasteiger partial charge in [-0.1, -0.05) is 6.92 Å². The van der Waals surface area contributed by atoms with Crippen LogP contribution >= 0.6 is 0 Å². The zero-order valence-electron chi connectivity index (χ0n) is 7.31. The van der Waals surface area contributed by atoms with Crippen LogP contribution in [0.25, 0.3) is 0 Å². The summed E-state index contributed by atoms with van der Waals surface area (Å²) in [4.78, 5) is 18.8. The molecule has 0 bridgehead atoms. The van der Waals surface area contributed by atoms with Crippen molar-refractivity contribution in [3.05, 3.63) is 10.1 Å². The van der Waals surface area contributed by atoms with Crippen LogP contribution < -0.4 is 18.9 Å². The Bertz CT molecular complexity index is 154. The second kappa shape index (κ2) is 6.01. The van der Waals surface area contributed by atoms with Crippen LogP contribution in [0.15, 0.2) is 0 Å². The minimum absolute atomic E-state index is 0. The molecule has 11 heavy (non-hydrogen) atoms. The van der Waals surface area contributed by atoms with E-state index in [2.05, 4.69) is 4.74 Å². The first-order chi connectivity index (χ1) is 4.57. The van der Waals surface area contributed by atoms with Crippen LogP contribution in [0.5, 0.6) is 0 Å². The third-order valence-corrected chi connectivity index (χ3v) is 0.821. The van der Waals surface area contributed by atoms with E-state index < -0.39 is 17.3 Å². The second-order valence-electron chi connectivity index (χ2n) is 1.53. The van der Waals surface area contributed by atoms with Crippen LogP contribution in [0.2, 0.25) is 0 Å². The molecule has 1 N–H and O–H groups in total. The molecule has 0 aromatic carbocycles. The number of hydrogen-bond acceptors (Lipinski definition) is 4. The van der Waals surface area contributed by atoms with Gasteiger partial charge in [-0.2, -0.15) is 0 Å². The van der Waals surface area contributed by atoms with E-state index >= 15 is 0 Å². The second-order valence-corrected chi connectivity index (χ2v) is 1.53. The summed E-state index contributed by atoms with van der Waals surface area (Å²) in [5, 5.41) is 17.8. The number of rotatable bonds is 3. The van der Waals surface area contributed by atoms with E-state index in [0.29, 0.717) is 0 Å². The van der Waals surface area contributed by atoms with Gasteiger partial charge in [0.1, 0.15) is 0 Å². The summed E-state index contributed by atoms with van der Waals surface area (Å²) >= 11 is 0. The summed E-state index contributed by atoms with van der Waals surface area (Å²) in [5.74, 6) is 0. The monoisotopic (exact) mass is 157 g/mol. The Morgan fingerprint density at radius 2 is 2.36 bits per heavy atom. The van der Waals surface area contributed by atoms with Gasteiger partial charge in [0.05, 0.1) is 11.3 Å². The molecule has 0 fully saturated rings. The quantitative estimate of drug-likeness (QED) is 0.165. The smallest absolute Gasteiger partial charge is 1.00 e. The normalized spacial score (nSPS) is 11.0. The predicted octanol–water partition coefficient (Wildman–Crippen LogP) is -2.19. The molecular formula is C4H8LiNO5. The van der Waals surface area contributed by atoms with Crippen LogP contribution in [0.4, 0.5) is 4.79 Å². The fraction of sp³-hybridized carbons (Fsp3) is 0.750. The Balaban J connectivity index is -0.000000405. The molecule has 6 nitrogen and oxygen atoms in total. The van der Waals surface area contributed by atoms with Crippen molar-refractivity contribution in [2.24, 2.45) is 0 Å². The van der Waals surface area contributed by atoms with Crippen molar-refractivity contribution in [2.75, 3.05) is 0 Å². The van der Waals surface area contributed by atoms with E-state index in [-0.39, 0.29) is 26.7 Å². The molecule has 60 valence electrons. The number of carboxylic acid groups (broad SMARTS) is 1. The molecule has 0 saturated carbocycles.